The summed E-state index contributed by atoms with van der Waals surface area (Å²) in [7, 11) is 0. The van der Waals surface area contributed by atoms with Crippen molar-refractivity contribution in [2.45, 2.75) is 20.3 Å². The van der Waals surface area contributed by atoms with Crippen LogP contribution in [0.1, 0.15) is 20.3 Å². The zero-order valence-corrected chi connectivity index (χ0v) is 9.93. The molecule has 1 saturated carbocycles. The smallest absolute Gasteiger partial charge is 0.311 e. The molecule has 1 aromatic rings. The third-order valence-corrected chi connectivity index (χ3v) is 3.35. The summed E-state index contributed by atoms with van der Waals surface area (Å²) in [5, 5.41) is 13.7. The van der Waals surface area contributed by atoms with Gasteiger partial charge in [0, 0.05) is 12.6 Å². The Morgan fingerprint density at radius 1 is 1.65 bits per heavy atom. The molecule has 0 saturated heterocycles. The van der Waals surface area contributed by atoms with Crippen molar-refractivity contribution >= 4 is 17.3 Å². The largest absolute Gasteiger partial charge is 0.378 e. The van der Waals surface area contributed by atoms with Gasteiger partial charge >= 0.3 is 5.69 Å². The van der Waals surface area contributed by atoms with E-state index in [1.165, 1.54) is 12.5 Å². The van der Waals surface area contributed by atoms with Gasteiger partial charge in [-0.1, -0.05) is 13.8 Å². The minimum atomic E-state index is -0.532. The maximum Gasteiger partial charge on any atom is 0.311 e. The second kappa shape index (κ2) is 3.87. The van der Waals surface area contributed by atoms with Crippen molar-refractivity contribution in [3.8, 4) is 0 Å². The van der Waals surface area contributed by atoms with Crippen LogP contribution < -0.4 is 11.1 Å². The van der Waals surface area contributed by atoms with Crippen LogP contribution in [-0.2, 0) is 0 Å². The van der Waals surface area contributed by atoms with E-state index < -0.39 is 4.92 Å². The van der Waals surface area contributed by atoms with Gasteiger partial charge in [-0.15, -0.1) is 0 Å². The van der Waals surface area contributed by atoms with Crippen molar-refractivity contribution in [2.75, 3.05) is 17.6 Å². The van der Waals surface area contributed by atoms with Gasteiger partial charge in [0.15, 0.2) is 0 Å². The fourth-order valence-corrected chi connectivity index (χ4v) is 1.87. The third-order valence-electron chi connectivity index (χ3n) is 3.35. The van der Waals surface area contributed by atoms with E-state index in [1.54, 1.807) is 6.07 Å². The van der Waals surface area contributed by atoms with Crippen molar-refractivity contribution < 1.29 is 4.92 Å². The molecule has 1 fully saturated rings. The van der Waals surface area contributed by atoms with Gasteiger partial charge in [0.1, 0.15) is 5.82 Å². The van der Waals surface area contributed by atoms with Crippen LogP contribution in [0.25, 0.3) is 0 Å². The Labute approximate surface area is 99.4 Å². The number of nitrogens with one attached hydrogen (secondary N) is 1. The average molecular weight is 236 g/mol. The number of nitrogens with two attached hydrogens (primary N) is 1. The van der Waals surface area contributed by atoms with Crippen LogP contribution in [0.15, 0.2) is 12.1 Å². The topological polar surface area (TPSA) is 94.1 Å². The molecule has 1 atom stereocenters. The first kappa shape index (κ1) is 11.6. The summed E-state index contributed by atoms with van der Waals surface area (Å²) >= 11 is 0. The van der Waals surface area contributed by atoms with Gasteiger partial charge in [-0.25, -0.2) is 4.98 Å². The van der Waals surface area contributed by atoms with Crippen LogP contribution in [0.4, 0.5) is 17.3 Å². The highest BCUT2D eigenvalue weighted by molar-refractivity contribution is 5.57. The molecule has 2 rings (SSSR count). The fourth-order valence-electron chi connectivity index (χ4n) is 1.87. The molecule has 17 heavy (non-hydrogen) atoms. The normalized spacial score (nSPS) is 20.9. The molecule has 6 heteroatoms. The quantitative estimate of drug-likeness (QED) is 0.616. The molecular formula is C11H16N4O2. The Kier molecular flexibility index (Phi) is 2.65. The molecule has 6 nitrogen and oxygen atoms in total. The zero-order valence-electron chi connectivity index (χ0n) is 9.93. The maximum atomic E-state index is 10.6. The van der Waals surface area contributed by atoms with E-state index in [1.807, 2.05) is 0 Å². The first-order chi connectivity index (χ1) is 7.90. The van der Waals surface area contributed by atoms with Crippen molar-refractivity contribution in [3.05, 3.63) is 22.2 Å². The Morgan fingerprint density at radius 3 is 2.76 bits per heavy atom. The van der Waals surface area contributed by atoms with E-state index in [9.17, 15) is 10.1 Å². The predicted molar refractivity (Wildman–Crippen MR) is 65.7 cm³/mol. The minimum Gasteiger partial charge on any atom is -0.378 e. The number of anilines is 2. The number of nitro groups is 1. The summed E-state index contributed by atoms with van der Waals surface area (Å²) in [4.78, 5) is 14.0. The van der Waals surface area contributed by atoms with Crippen LogP contribution in [0, 0.1) is 21.4 Å². The monoisotopic (exact) mass is 236 g/mol. The van der Waals surface area contributed by atoms with E-state index >= 15 is 0 Å². The first-order valence-corrected chi connectivity index (χ1v) is 5.55. The van der Waals surface area contributed by atoms with Crippen molar-refractivity contribution in [3.63, 3.8) is 0 Å². The number of hydrogen-bond donors (Lipinski definition) is 2. The fraction of sp³-hybridized carbons (Fsp3) is 0.545. The van der Waals surface area contributed by atoms with Crippen molar-refractivity contribution in [1.29, 1.82) is 0 Å². The highest BCUT2D eigenvalue weighted by Gasteiger charge is 2.44. The van der Waals surface area contributed by atoms with Gasteiger partial charge in [-0.3, -0.25) is 10.1 Å². The van der Waals surface area contributed by atoms with Gasteiger partial charge in [-0.2, -0.15) is 0 Å². The lowest BCUT2D eigenvalue weighted by Gasteiger charge is -2.07. The predicted octanol–water partition coefficient (Wildman–Crippen LogP) is 2.03. The summed E-state index contributed by atoms with van der Waals surface area (Å²) < 4.78 is 0. The van der Waals surface area contributed by atoms with Crippen molar-refractivity contribution in [2.24, 2.45) is 11.3 Å². The molecule has 0 aromatic carbocycles. The van der Waals surface area contributed by atoms with Crippen LogP contribution in [0.3, 0.4) is 0 Å². The maximum absolute atomic E-state index is 10.6. The molecule has 92 valence electrons. The molecule has 0 bridgehead atoms. The summed E-state index contributed by atoms with van der Waals surface area (Å²) in [6.07, 6.45) is 1.20. The minimum absolute atomic E-state index is 0.0462. The first-order valence-electron chi connectivity index (χ1n) is 5.55. The van der Waals surface area contributed by atoms with Gasteiger partial charge < -0.3 is 11.1 Å². The molecule has 1 aliphatic carbocycles. The lowest BCUT2D eigenvalue weighted by atomic mass is 10.1. The number of hydrogen-bond acceptors (Lipinski definition) is 5. The molecule has 1 aromatic heterocycles. The standard InChI is InChI=1S/C11H16N4O2/c1-11(2)5-7(11)6-13-9-4-3-8(15(16)17)10(12)14-9/h3-4,7H,5-6H2,1-2H3,(H3,12,13,14). The van der Waals surface area contributed by atoms with Crippen LogP contribution in [0.2, 0.25) is 0 Å². The molecule has 1 unspecified atom stereocenters. The molecule has 0 radical (unpaired) electrons. The summed E-state index contributed by atoms with van der Waals surface area (Å²) in [6, 6.07) is 2.96. The Hall–Kier alpha value is -1.85. The molecule has 0 amide bonds. The summed E-state index contributed by atoms with van der Waals surface area (Å²) in [5.74, 6) is 1.19. The second-order valence-electron chi connectivity index (χ2n) is 5.13. The molecule has 0 aliphatic heterocycles. The van der Waals surface area contributed by atoms with Gasteiger partial charge in [0.25, 0.3) is 0 Å². The molecule has 1 aliphatic rings. The number of pyridine rings is 1. The number of aromatic nitrogens is 1. The molecule has 1 heterocycles. The summed E-state index contributed by atoms with van der Waals surface area (Å²) in [5.41, 5.74) is 5.76. The number of rotatable bonds is 4. The zero-order chi connectivity index (χ0) is 12.6. The molecule has 0 spiro atoms. The van der Waals surface area contributed by atoms with Crippen LogP contribution in [-0.4, -0.2) is 16.5 Å². The molecule has 3 N–H and O–H groups in total. The van der Waals surface area contributed by atoms with E-state index in [4.69, 9.17) is 5.73 Å². The van der Waals surface area contributed by atoms with E-state index in [-0.39, 0.29) is 11.5 Å². The van der Waals surface area contributed by atoms with Crippen LogP contribution in [0.5, 0.6) is 0 Å². The molecular weight excluding hydrogens is 220 g/mol. The van der Waals surface area contributed by atoms with E-state index in [0.717, 1.165) is 6.54 Å². The Bertz CT molecular complexity index is 459. The third kappa shape index (κ3) is 2.46. The summed E-state index contributed by atoms with van der Waals surface area (Å²) in [6.45, 7) is 5.27. The Balaban J connectivity index is 1.98. The SMILES string of the molecule is CC1(C)CC1CNc1ccc([N+](=O)[O-])c(N)n1. The highest BCUT2D eigenvalue weighted by atomic mass is 16.6. The lowest BCUT2D eigenvalue weighted by molar-refractivity contribution is -0.384. The van der Waals surface area contributed by atoms with Crippen LogP contribution >= 0.6 is 0 Å². The van der Waals surface area contributed by atoms with Gasteiger partial charge in [0.05, 0.1) is 4.92 Å². The average Bonchev–Trinajstić information content (AvgIpc) is 2.83. The van der Waals surface area contributed by atoms with Gasteiger partial charge in [0.2, 0.25) is 5.82 Å². The lowest BCUT2D eigenvalue weighted by Crippen LogP contribution is -2.09. The van der Waals surface area contributed by atoms with Crippen molar-refractivity contribution in [1.82, 2.24) is 4.98 Å². The number of nitrogens with zero attached hydrogens (tertiary/aromatic N) is 2. The second-order valence-corrected chi connectivity index (χ2v) is 5.13. The van der Waals surface area contributed by atoms with E-state index in [2.05, 4.69) is 24.1 Å². The highest BCUT2D eigenvalue weighted by Crippen LogP contribution is 2.51. The Morgan fingerprint density at radius 2 is 2.29 bits per heavy atom. The van der Waals surface area contributed by atoms with Gasteiger partial charge in [-0.05, 0) is 23.8 Å². The van der Waals surface area contributed by atoms with E-state index in [0.29, 0.717) is 17.2 Å². The number of nitrogen functional groups attached to an aromatic ring is 1.